The maximum absolute atomic E-state index is 12.9. The Morgan fingerprint density at radius 2 is 2.08 bits per heavy atom. The summed E-state index contributed by atoms with van der Waals surface area (Å²) >= 11 is 0. The first-order chi connectivity index (χ1) is 12.4. The highest BCUT2D eigenvalue weighted by Gasteiger charge is 2.30. The fourth-order valence-corrected chi connectivity index (χ4v) is 4.61. The molecule has 1 amide bonds. The van der Waals surface area contributed by atoms with Gasteiger partial charge < -0.3 is 10.5 Å². The van der Waals surface area contributed by atoms with Gasteiger partial charge in [-0.1, -0.05) is 0 Å². The van der Waals surface area contributed by atoms with Crippen molar-refractivity contribution < 1.29 is 17.9 Å². The van der Waals surface area contributed by atoms with Crippen LogP contribution >= 0.6 is 0 Å². The molecule has 0 bridgehead atoms. The predicted molar refractivity (Wildman–Crippen MR) is 93.0 cm³/mol. The highest BCUT2D eigenvalue weighted by atomic mass is 32.2. The lowest BCUT2D eigenvalue weighted by Gasteiger charge is -2.31. The smallest absolute Gasteiger partial charge is 0.252 e. The molecule has 26 heavy (non-hydrogen) atoms. The van der Waals surface area contributed by atoms with Gasteiger partial charge in [0, 0.05) is 19.6 Å². The van der Waals surface area contributed by atoms with Crippen LogP contribution in [0, 0.1) is 5.92 Å². The molecule has 9 nitrogen and oxygen atoms in total. The van der Waals surface area contributed by atoms with Gasteiger partial charge in [-0.05, 0) is 37.0 Å². The molecule has 0 unspecified atom stereocenters. The number of carbonyl (C=O) groups excluding carboxylic acids is 1. The van der Waals surface area contributed by atoms with Gasteiger partial charge in [0.05, 0.1) is 17.6 Å². The average Bonchev–Trinajstić information content (AvgIpc) is 3.14. The van der Waals surface area contributed by atoms with Crippen LogP contribution in [0.2, 0.25) is 0 Å². The molecule has 3 rings (SSSR count). The second-order valence-electron chi connectivity index (χ2n) is 6.19. The molecule has 10 heteroatoms. The van der Waals surface area contributed by atoms with Crippen LogP contribution in [0.1, 0.15) is 23.2 Å². The molecule has 0 atom stereocenters. The number of primary amides is 1. The largest absolute Gasteiger partial charge is 0.496 e. The van der Waals surface area contributed by atoms with Crippen LogP contribution < -0.4 is 10.5 Å². The molecule has 1 aliphatic heterocycles. The third kappa shape index (κ3) is 3.70. The Balaban J connectivity index is 1.73. The molecule has 1 fully saturated rings. The van der Waals surface area contributed by atoms with E-state index in [2.05, 4.69) is 10.1 Å². The Morgan fingerprint density at radius 1 is 1.35 bits per heavy atom. The Kier molecular flexibility index (Phi) is 5.23. The summed E-state index contributed by atoms with van der Waals surface area (Å²) in [6, 6.07) is 4.16. The zero-order chi connectivity index (χ0) is 18.7. The number of ether oxygens (including phenoxy) is 1. The Morgan fingerprint density at radius 3 is 2.65 bits per heavy atom. The van der Waals surface area contributed by atoms with Gasteiger partial charge in [0.25, 0.3) is 5.91 Å². The minimum absolute atomic E-state index is 0.0434. The minimum atomic E-state index is -3.69. The van der Waals surface area contributed by atoms with E-state index in [0.717, 1.165) is 19.4 Å². The summed E-state index contributed by atoms with van der Waals surface area (Å²) in [5.74, 6) is -0.131. The van der Waals surface area contributed by atoms with Crippen molar-refractivity contribution in [1.29, 1.82) is 0 Å². The Hall–Kier alpha value is -2.46. The van der Waals surface area contributed by atoms with E-state index in [0.29, 0.717) is 19.0 Å². The van der Waals surface area contributed by atoms with Crippen molar-refractivity contribution in [2.45, 2.75) is 24.3 Å². The number of methoxy groups -OCH3 is 1. The molecular weight excluding hydrogens is 358 g/mol. The SMILES string of the molecule is COc1ccc(S(=O)(=O)N2CCC(Cn3cncn3)CC2)cc1C(N)=O. The Bertz CT molecular complexity index is 874. The van der Waals surface area contributed by atoms with Gasteiger partial charge in [0.15, 0.2) is 0 Å². The van der Waals surface area contributed by atoms with Crippen LogP contribution in [0.15, 0.2) is 35.7 Å². The summed E-state index contributed by atoms with van der Waals surface area (Å²) < 4.78 is 34.0. The van der Waals surface area contributed by atoms with Crippen LogP contribution in [-0.4, -0.2) is 53.6 Å². The molecule has 2 N–H and O–H groups in total. The lowest BCUT2D eigenvalue weighted by molar-refractivity contribution is 0.0997. The van der Waals surface area contributed by atoms with E-state index in [4.69, 9.17) is 10.5 Å². The molecule has 0 radical (unpaired) electrons. The molecule has 1 saturated heterocycles. The quantitative estimate of drug-likeness (QED) is 0.780. The van der Waals surface area contributed by atoms with Crippen molar-refractivity contribution in [3.05, 3.63) is 36.4 Å². The van der Waals surface area contributed by atoms with Crippen molar-refractivity contribution in [3.8, 4) is 5.75 Å². The first-order valence-corrected chi connectivity index (χ1v) is 9.66. The third-order valence-corrected chi connectivity index (χ3v) is 6.45. The third-order valence-electron chi connectivity index (χ3n) is 4.56. The van der Waals surface area contributed by atoms with Crippen LogP contribution in [-0.2, 0) is 16.6 Å². The van der Waals surface area contributed by atoms with Gasteiger partial charge in [-0.25, -0.2) is 13.4 Å². The fraction of sp³-hybridized carbons (Fsp3) is 0.438. The maximum Gasteiger partial charge on any atom is 0.252 e. The van der Waals surface area contributed by atoms with E-state index in [1.807, 2.05) is 0 Å². The van der Waals surface area contributed by atoms with Crippen LogP contribution in [0.25, 0.3) is 0 Å². The van der Waals surface area contributed by atoms with Crippen LogP contribution in [0.4, 0.5) is 0 Å². The summed E-state index contributed by atoms with van der Waals surface area (Å²) in [7, 11) is -2.29. The first-order valence-electron chi connectivity index (χ1n) is 8.22. The van der Waals surface area contributed by atoms with E-state index in [1.165, 1.54) is 35.9 Å². The van der Waals surface area contributed by atoms with Gasteiger partial charge in [-0.15, -0.1) is 0 Å². The number of hydrogen-bond donors (Lipinski definition) is 1. The second kappa shape index (κ2) is 7.42. The number of amides is 1. The number of piperidine rings is 1. The number of hydrogen-bond acceptors (Lipinski definition) is 6. The van der Waals surface area contributed by atoms with Crippen LogP contribution in [0.3, 0.4) is 0 Å². The molecule has 1 aromatic heterocycles. The van der Waals surface area contributed by atoms with Crippen molar-refractivity contribution in [2.24, 2.45) is 11.7 Å². The Labute approximate surface area is 151 Å². The summed E-state index contributed by atoms with van der Waals surface area (Å²) in [5, 5.41) is 4.09. The molecule has 2 aromatic rings. The topological polar surface area (TPSA) is 120 Å². The van der Waals surface area contributed by atoms with E-state index in [9.17, 15) is 13.2 Å². The fourth-order valence-electron chi connectivity index (χ4n) is 3.11. The number of rotatable bonds is 6. The molecule has 140 valence electrons. The number of aromatic nitrogens is 3. The minimum Gasteiger partial charge on any atom is -0.496 e. The van der Waals surface area contributed by atoms with Crippen molar-refractivity contribution >= 4 is 15.9 Å². The van der Waals surface area contributed by atoms with Gasteiger partial charge in [0.1, 0.15) is 18.4 Å². The number of benzene rings is 1. The molecule has 1 aromatic carbocycles. The highest BCUT2D eigenvalue weighted by molar-refractivity contribution is 7.89. The molecule has 0 spiro atoms. The van der Waals surface area contributed by atoms with Crippen molar-refractivity contribution in [1.82, 2.24) is 19.1 Å². The maximum atomic E-state index is 12.9. The van der Waals surface area contributed by atoms with Gasteiger partial charge in [-0.3, -0.25) is 9.48 Å². The zero-order valence-electron chi connectivity index (χ0n) is 14.4. The number of nitrogens with two attached hydrogens (primary N) is 1. The standard InChI is InChI=1S/C16H21N5O4S/c1-25-15-3-2-13(8-14(15)16(17)22)26(23,24)21-6-4-12(5-7-21)9-20-11-18-10-19-20/h2-3,8,10-12H,4-7,9H2,1H3,(H2,17,22). The van der Waals surface area contributed by atoms with Crippen molar-refractivity contribution in [2.75, 3.05) is 20.2 Å². The predicted octanol–water partition coefficient (Wildman–Crippen LogP) is 0.487. The molecule has 0 saturated carbocycles. The van der Waals surface area contributed by atoms with E-state index < -0.39 is 15.9 Å². The lowest BCUT2D eigenvalue weighted by Crippen LogP contribution is -2.39. The summed E-state index contributed by atoms with van der Waals surface area (Å²) in [6.45, 7) is 1.56. The highest BCUT2D eigenvalue weighted by Crippen LogP contribution is 2.27. The monoisotopic (exact) mass is 379 g/mol. The van der Waals surface area contributed by atoms with E-state index >= 15 is 0 Å². The van der Waals surface area contributed by atoms with Gasteiger partial charge in [0.2, 0.25) is 10.0 Å². The van der Waals surface area contributed by atoms with Crippen molar-refractivity contribution in [3.63, 3.8) is 0 Å². The first kappa shape index (κ1) is 18.3. The number of nitrogens with zero attached hydrogens (tertiary/aromatic N) is 4. The summed E-state index contributed by atoms with van der Waals surface area (Å²) in [6.07, 6.45) is 4.61. The molecular formula is C16H21N5O4S. The van der Waals surface area contributed by atoms with Gasteiger partial charge >= 0.3 is 0 Å². The summed E-state index contributed by atoms with van der Waals surface area (Å²) in [5.41, 5.74) is 5.37. The molecule has 0 aliphatic carbocycles. The molecule has 2 heterocycles. The average molecular weight is 379 g/mol. The van der Waals surface area contributed by atoms with Crippen LogP contribution in [0.5, 0.6) is 5.75 Å². The normalized spacial score (nSPS) is 16.5. The number of sulfonamides is 1. The van der Waals surface area contributed by atoms with E-state index in [-0.39, 0.29) is 16.2 Å². The zero-order valence-corrected chi connectivity index (χ0v) is 15.2. The second-order valence-corrected chi connectivity index (χ2v) is 8.13. The summed E-state index contributed by atoms with van der Waals surface area (Å²) in [4.78, 5) is 15.5. The lowest BCUT2D eigenvalue weighted by atomic mass is 9.98. The number of carbonyl (C=O) groups is 1. The van der Waals surface area contributed by atoms with E-state index in [1.54, 1.807) is 11.0 Å². The molecule has 1 aliphatic rings. The van der Waals surface area contributed by atoms with Gasteiger partial charge in [-0.2, -0.15) is 9.40 Å².